The van der Waals surface area contributed by atoms with Crippen molar-refractivity contribution < 1.29 is 18.3 Å². The van der Waals surface area contributed by atoms with Gasteiger partial charge in [-0.3, -0.25) is 4.31 Å². The number of anilines is 1. The maximum Gasteiger partial charge on any atom is 0.335 e. The van der Waals surface area contributed by atoms with Gasteiger partial charge in [-0.2, -0.15) is 0 Å². The molecule has 0 amide bonds. The van der Waals surface area contributed by atoms with Crippen molar-refractivity contribution in [2.24, 2.45) is 0 Å². The number of carboxylic acids is 1. The van der Waals surface area contributed by atoms with Crippen LogP contribution in [0.1, 0.15) is 27.9 Å². The first-order valence-electron chi connectivity index (χ1n) is 7.35. The number of benzene rings is 2. The van der Waals surface area contributed by atoms with Gasteiger partial charge >= 0.3 is 5.97 Å². The molecule has 0 aromatic heterocycles. The molecule has 0 saturated heterocycles. The second-order valence-corrected chi connectivity index (χ2v) is 7.51. The molecule has 1 heterocycles. The molecule has 0 spiro atoms. The van der Waals surface area contributed by atoms with Crippen molar-refractivity contribution in [1.29, 1.82) is 0 Å². The fourth-order valence-electron chi connectivity index (χ4n) is 2.86. The molecule has 3 rings (SSSR count). The van der Waals surface area contributed by atoms with Gasteiger partial charge in [0.1, 0.15) is 0 Å². The van der Waals surface area contributed by atoms with Crippen LogP contribution >= 0.6 is 0 Å². The third-order valence-corrected chi connectivity index (χ3v) is 5.79. The molecule has 120 valence electrons. The SMILES string of the molecule is Cc1ccc2c(c1)CCCN2S(=O)(=O)c1cccc(C(=O)O)c1. The number of nitrogens with zero attached hydrogens (tertiary/aromatic N) is 1. The van der Waals surface area contributed by atoms with Gasteiger partial charge in [0.25, 0.3) is 10.0 Å². The first kappa shape index (κ1) is 15.6. The van der Waals surface area contributed by atoms with E-state index in [0.717, 1.165) is 24.0 Å². The lowest BCUT2D eigenvalue weighted by molar-refractivity contribution is 0.0696. The monoisotopic (exact) mass is 331 g/mol. The fraction of sp³-hybridized carbons (Fsp3) is 0.235. The molecule has 1 aliphatic rings. The highest BCUT2D eigenvalue weighted by atomic mass is 32.2. The zero-order chi connectivity index (χ0) is 16.6. The summed E-state index contributed by atoms with van der Waals surface area (Å²) in [7, 11) is -3.77. The van der Waals surface area contributed by atoms with Crippen LogP contribution in [0.2, 0.25) is 0 Å². The van der Waals surface area contributed by atoms with Crippen molar-refractivity contribution in [1.82, 2.24) is 0 Å². The van der Waals surface area contributed by atoms with E-state index < -0.39 is 16.0 Å². The quantitative estimate of drug-likeness (QED) is 0.938. The largest absolute Gasteiger partial charge is 0.478 e. The third kappa shape index (κ3) is 2.82. The average Bonchev–Trinajstić information content (AvgIpc) is 2.54. The minimum atomic E-state index is -3.77. The lowest BCUT2D eigenvalue weighted by atomic mass is 10.0. The van der Waals surface area contributed by atoms with Crippen LogP contribution in [0.3, 0.4) is 0 Å². The molecule has 1 N–H and O–H groups in total. The Morgan fingerprint density at radius 1 is 1.17 bits per heavy atom. The summed E-state index contributed by atoms with van der Waals surface area (Å²) in [6.07, 6.45) is 1.59. The molecular weight excluding hydrogens is 314 g/mol. The Kier molecular flexibility index (Phi) is 3.85. The van der Waals surface area contributed by atoms with Crippen molar-refractivity contribution in [3.05, 3.63) is 59.2 Å². The van der Waals surface area contributed by atoms with Crippen molar-refractivity contribution in [2.45, 2.75) is 24.7 Å². The van der Waals surface area contributed by atoms with Crippen LogP contribution in [0.15, 0.2) is 47.4 Å². The summed E-state index contributed by atoms with van der Waals surface area (Å²) < 4.78 is 27.3. The minimum Gasteiger partial charge on any atom is -0.478 e. The van der Waals surface area contributed by atoms with Crippen molar-refractivity contribution >= 4 is 21.7 Å². The Morgan fingerprint density at radius 2 is 1.96 bits per heavy atom. The number of aromatic carboxylic acids is 1. The van der Waals surface area contributed by atoms with Crippen LogP contribution in [0.5, 0.6) is 0 Å². The number of rotatable bonds is 3. The van der Waals surface area contributed by atoms with E-state index in [1.165, 1.54) is 28.6 Å². The van der Waals surface area contributed by atoms with Gasteiger partial charge in [-0.1, -0.05) is 23.8 Å². The number of sulfonamides is 1. The second-order valence-electron chi connectivity index (χ2n) is 5.65. The molecule has 5 nitrogen and oxygen atoms in total. The van der Waals surface area contributed by atoms with Gasteiger partial charge in [0.2, 0.25) is 0 Å². The smallest absolute Gasteiger partial charge is 0.335 e. The number of fused-ring (bicyclic) bond motifs is 1. The summed E-state index contributed by atoms with van der Waals surface area (Å²) >= 11 is 0. The zero-order valence-electron chi connectivity index (χ0n) is 12.7. The summed E-state index contributed by atoms with van der Waals surface area (Å²) in [5, 5.41) is 9.07. The molecular formula is C17H17NO4S. The van der Waals surface area contributed by atoms with E-state index in [1.807, 2.05) is 25.1 Å². The van der Waals surface area contributed by atoms with Gasteiger partial charge in [-0.25, -0.2) is 13.2 Å². The van der Waals surface area contributed by atoms with Crippen LogP contribution in [-0.2, 0) is 16.4 Å². The summed E-state index contributed by atoms with van der Waals surface area (Å²) in [5.74, 6) is -1.14. The van der Waals surface area contributed by atoms with Gasteiger partial charge in [-0.15, -0.1) is 0 Å². The summed E-state index contributed by atoms with van der Waals surface area (Å²) in [4.78, 5) is 11.1. The number of carbonyl (C=O) groups is 1. The predicted molar refractivity (Wildman–Crippen MR) is 87.4 cm³/mol. The predicted octanol–water partition coefficient (Wildman–Crippen LogP) is 2.83. The highest BCUT2D eigenvalue weighted by Gasteiger charge is 2.29. The van der Waals surface area contributed by atoms with Crippen LogP contribution in [0.25, 0.3) is 0 Å². The maximum atomic E-state index is 12.9. The molecule has 1 aliphatic heterocycles. The number of carboxylic acid groups (broad SMARTS) is 1. The molecule has 2 aromatic carbocycles. The molecule has 2 aromatic rings. The zero-order valence-corrected chi connectivity index (χ0v) is 13.5. The normalized spacial score (nSPS) is 14.4. The highest BCUT2D eigenvalue weighted by Crippen LogP contribution is 2.32. The molecule has 23 heavy (non-hydrogen) atoms. The van der Waals surface area contributed by atoms with Gasteiger partial charge in [0.05, 0.1) is 16.1 Å². The van der Waals surface area contributed by atoms with Gasteiger partial charge in [0, 0.05) is 6.54 Å². The maximum absolute atomic E-state index is 12.9. The molecule has 0 radical (unpaired) electrons. The van der Waals surface area contributed by atoms with E-state index in [2.05, 4.69) is 0 Å². The van der Waals surface area contributed by atoms with Crippen LogP contribution in [0, 0.1) is 6.92 Å². The Bertz CT molecular complexity index is 874. The van der Waals surface area contributed by atoms with Crippen LogP contribution < -0.4 is 4.31 Å². The Hall–Kier alpha value is -2.34. The molecule has 0 aliphatic carbocycles. The number of aryl methyl sites for hydroxylation is 2. The summed E-state index contributed by atoms with van der Waals surface area (Å²) in [5.41, 5.74) is 2.75. The molecule has 0 atom stereocenters. The summed E-state index contributed by atoms with van der Waals surface area (Å²) in [6, 6.07) is 11.2. The lowest BCUT2D eigenvalue weighted by Gasteiger charge is -2.30. The standard InChI is InChI=1S/C17H17NO4S/c1-12-7-8-16-13(10-12)5-3-9-18(16)23(21,22)15-6-2-4-14(11-15)17(19)20/h2,4,6-8,10-11H,3,5,9H2,1H3,(H,19,20). The minimum absolute atomic E-state index is 0.00539. The van der Waals surface area contributed by atoms with E-state index >= 15 is 0 Å². The lowest BCUT2D eigenvalue weighted by Crippen LogP contribution is -2.35. The van der Waals surface area contributed by atoms with E-state index in [1.54, 1.807) is 0 Å². The van der Waals surface area contributed by atoms with Crippen LogP contribution in [0.4, 0.5) is 5.69 Å². The second kappa shape index (κ2) is 5.70. The fourth-order valence-corrected chi connectivity index (χ4v) is 4.45. The van der Waals surface area contributed by atoms with Crippen molar-refractivity contribution in [3.8, 4) is 0 Å². The van der Waals surface area contributed by atoms with Gasteiger partial charge in [-0.05, 0) is 49.6 Å². The Balaban J connectivity index is 2.08. The Morgan fingerprint density at radius 3 is 2.70 bits per heavy atom. The first-order chi connectivity index (χ1) is 10.9. The van der Waals surface area contributed by atoms with Crippen molar-refractivity contribution in [3.63, 3.8) is 0 Å². The van der Waals surface area contributed by atoms with E-state index in [-0.39, 0.29) is 10.5 Å². The molecule has 0 unspecified atom stereocenters. The topological polar surface area (TPSA) is 74.7 Å². The molecule has 0 saturated carbocycles. The van der Waals surface area contributed by atoms with Gasteiger partial charge in [0.15, 0.2) is 0 Å². The summed E-state index contributed by atoms with van der Waals surface area (Å²) in [6.45, 7) is 2.37. The van der Waals surface area contributed by atoms with E-state index in [9.17, 15) is 13.2 Å². The van der Waals surface area contributed by atoms with E-state index in [4.69, 9.17) is 5.11 Å². The molecule has 0 fully saturated rings. The van der Waals surface area contributed by atoms with Crippen molar-refractivity contribution in [2.75, 3.05) is 10.8 Å². The third-order valence-electron chi connectivity index (χ3n) is 3.98. The highest BCUT2D eigenvalue weighted by molar-refractivity contribution is 7.92. The molecule has 6 heteroatoms. The average molecular weight is 331 g/mol. The van der Waals surface area contributed by atoms with Crippen LogP contribution in [-0.4, -0.2) is 26.0 Å². The Labute approximate surface area is 135 Å². The number of hydrogen-bond donors (Lipinski definition) is 1. The van der Waals surface area contributed by atoms with Gasteiger partial charge < -0.3 is 5.11 Å². The van der Waals surface area contributed by atoms with E-state index in [0.29, 0.717) is 12.2 Å². The molecule has 0 bridgehead atoms. The first-order valence-corrected chi connectivity index (χ1v) is 8.79. The number of hydrogen-bond acceptors (Lipinski definition) is 3.